The van der Waals surface area contributed by atoms with E-state index < -0.39 is 5.60 Å². The van der Waals surface area contributed by atoms with Gasteiger partial charge in [-0.05, 0) is 57.4 Å². The molecular formula is C18H27FN2O2. The molecule has 1 amide bonds. The van der Waals surface area contributed by atoms with Crippen LogP contribution in [0.1, 0.15) is 34.1 Å². The van der Waals surface area contributed by atoms with Gasteiger partial charge in [-0.2, -0.15) is 0 Å². The van der Waals surface area contributed by atoms with Gasteiger partial charge in [0.1, 0.15) is 11.4 Å². The first-order chi connectivity index (χ1) is 10.7. The number of piperidine rings is 1. The molecule has 0 radical (unpaired) electrons. The fourth-order valence-electron chi connectivity index (χ4n) is 3.07. The van der Waals surface area contributed by atoms with Crippen molar-refractivity contribution in [1.82, 2.24) is 4.90 Å². The van der Waals surface area contributed by atoms with Gasteiger partial charge in [0.2, 0.25) is 0 Å². The minimum Gasteiger partial charge on any atom is -0.444 e. The third kappa shape index (κ3) is 4.60. The summed E-state index contributed by atoms with van der Waals surface area (Å²) in [5.41, 5.74) is 0.524. The Kier molecular flexibility index (Phi) is 5.17. The molecule has 0 saturated carbocycles. The van der Waals surface area contributed by atoms with Crippen molar-refractivity contribution in [1.29, 1.82) is 0 Å². The van der Waals surface area contributed by atoms with Crippen LogP contribution < -0.4 is 4.90 Å². The van der Waals surface area contributed by atoms with Crippen molar-refractivity contribution in [2.75, 3.05) is 25.0 Å². The molecule has 1 fully saturated rings. The summed E-state index contributed by atoms with van der Waals surface area (Å²) in [7, 11) is 2.03. The number of carbonyl (C=O) groups is 1. The number of hydrogen-bond donors (Lipinski definition) is 0. The summed E-state index contributed by atoms with van der Waals surface area (Å²) in [5, 5.41) is 0. The first kappa shape index (κ1) is 17.6. The lowest BCUT2D eigenvalue weighted by molar-refractivity contribution is 0.0156. The van der Waals surface area contributed by atoms with Gasteiger partial charge in [0.05, 0.1) is 0 Å². The maximum Gasteiger partial charge on any atom is 0.410 e. The fourth-order valence-corrected chi connectivity index (χ4v) is 3.07. The molecule has 2 rings (SSSR count). The Balaban J connectivity index is 1.98. The quantitative estimate of drug-likeness (QED) is 0.827. The van der Waals surface area contributed by atoms with E-state index in [0.717, 1.165) is 12.1 Å². The molecule has 1 saturated heterocycles. The number of anilines is 1. The van der Waals surface area contributed by atoms with Crippen molar-refractivity contribution in [3.05, 3.63) is 30.1 Å². The number of nitrogens with zero attached hydrogens (tertiary/aromatic N) is 2. The van der Waals surface area contributed by atoms with E-state index in [9.17, 15) is 9.18 Å². The number of benzene rings is 1. The largest absolute Gasteiger partial charge is 0.444 e. The van der Waals surface area contributed by atoms with Crippen LogP contribution in [0.15, 0.2) is 24.3 Å². The number of amides is 1. The molecule has 0 spiro atoms. The highest BCUT2D eigenvalue weighted by molar-refractivity contribution is 5.68. The average molecular weight is 322 g/mol. The molecule has 0 bridgehead atoms. The lowest BCUT2D eigenvalue weighted by Gasteiger charge is -2.42. The Morgan fingerprint density at radius 3 is 2.43 bits per heavy atom. The Morgan fingerprint density at radius 1 is 1.30 bits per heavy atom. The van der Waals surface area contributed by atoms with Gasteiger partial charge in [-0.3, -0.25) is 0 Å². The van der Waals surface area contributed by atoms with E-state index in [1.54, 1.807) is 17.0 Å². The molecular weight excluding hydrogens is 295 g/mol. The molecule has 5 heteroatoms. The molecule has 23 heavy (non-hydrogen) atoms. The first-order valence-corrected chi connectivity index (χ1v) is 8.13. The molecule has 1 heterocycles. The number of hydrogen-bond acceptors (Lipinski definition) is 3. The van der Waals surface area contributed by atoms with Crippen LogP contribution in [0.5, 0.6) is 0 Å². The van der Waals surface area contributed by atoms with E-state index in [1.165, 1.54) is 12.1 Å². The zero-order valence-corrected chi connectivity index (χ0v) is 14.7. The van der Waals surface area contributed by atoms with Gasteiger partial charge in [-0.15, -0.1) is 0 Å². The predicted molar refractivity (Wildman–Crippen MR) is 90.2 cm³/mol. The van der Waals surface area contributed by atoms with Crippen molar-refractivity contribution in [2.45, 2.75) is 45.8 Å². The summed E-state index contributed by atoms with van der Waals surface area (Å²) >= 11 is 0. The third-order valence-corrected chi connectivity index (χ3v) is 4.24. The molecule has 1 aromatic rings. The highest BCUT2D eigenvalue weighted by atomic mass is 19.1. The Bertz CT molecular complexity index is 539. The van der Waals surface area contributed by atoms with E-state index >= 15 is 0 Å². The number of carbonyl (C=O) groups excluding carboxylic acids is 1. The minimum atomic E-state index is -0.470. The Hall–Kier alpha value is -1.78. The molecule has 0 aliphatic carbocycles. The maximum atomic E-state index is 13.1. The number of rotatable bonds is 2. The van der Waals surface area contributed by atoms with Crippen LogP contribution in [0.3, 0.4) is 0 Å². The van der Waals surface area contributed by atoms with E-state index in [1.807, 2.05) is 27.8 Å². The van der Waals surface area contributed by atoms with Crippen LogP contribution >= 0.6 is 0 Å². The topological polar surface area (TPSA) is 32.8 Å². The Morgan fingerprint density at radius 2 is 1.91 bits per heavy atom. The maximum absolute atomic E-state index is 13.1. The Labute approximate surface area is 138 Å². The normalized spacial score (nSPS) is 21.9. The number of ether oxygens (including phenoxy) is 1. The van der Waals surface area contributed by atoms with Crippen LogP contribution in [0.2, 0.25) is 0 Å². The fraction of sp³-hybridized carbons (Fsp3) is 0.611. The van der Waals surface area contributed by atoms with E-state index in [2.05, 4.69) is 11.8 Å². The van der Waals surface area contributed by atoms with Gasteiger partial charge in [0.15, 0.2) is 0 Å². The van der Waals surface area contributed by atoms with Gasteiger partial charge in [-0.1, -0.05) is 6.92 Å². The highest BCUT2D eigenvalue weighted by Crippen LogP contribution is 2.27. The lowest BCUT2D eigenvalue weighted by atomic mass is 9.92. The van der Waals surface area contributed by atoms with Crippen molar-refractivity contribution >= 4 is 11.8 Å². The minimum absolute atomic E-state index is 0.227. The lowest BCUT2D eigenvalue weighted by Crippen LogP contribution is -2.51. The molecule has 1 aliphatic rings. The summed E-state index contributed by atoms with van der Waals surface area (Å²) in [5.74, 6) is 0.0845. The second kappa shape index (κ2) is 6.77. The molecule has 0 N–H and O–H groups in total. The smallest absolute Gasteiger partial charge is 0.410 e. The molecule has 4 nitrogen and oxygen atoms in total. The summed E-state index contributed by atoms with van der Waals surface area (Å²) in [4.78, 5) is 16.2. The van der Waals surface area contributed by atoms with E-state index in [0.29, 0.717) is 25.0 Å². The standard InChI is InChI=1S/C18H27FN2O2/c1-13-12-21(17(22)23-18(2,3)4)11-10-16(13)20(5)15-8-6-14(19)7-9-15/h6-9,13,16H,10-12H2,1-5H3. The van der Waals surface area contributed by atoms with Gasteiger partial charge >= 0.3 is 6.09 Å². The van der Waals surface area contributed by atoms with Crippen molar-refractivity contribution in [3.63, 3.8) is 0 Å². The van der Waals surface area contributed by atoms with Crippen molar-refractivity contribution in [3.8, 4) is 0 Å². The van der Waals surface area contributed by atoms with Crippen molar-refractivity contribution in [2.24, 2.45) is 5.92 Å². The number of likely N-dealkylation sites (tertiary alicyclic amines) is 1. The highest BCUT2D eigenvalue weighted by Gasteiger charge is 2.33. The zero-order chi connectivity index (χ0) is 17.2. The molecule has 2 unspecified atom stereocenters. The SMILES string of the molecule is CC1CN(C(=O)OC(C)(C)C)CCC1N(C)c1ccc(F)cc1. The van der Waals surface area contributed by atoms with Crippen LogP contribution in [0.4, 0.5) is 14.9 Å². The zero-order valence-electron chi connectivity index (χ0n) is 14.7. The van der Waals surface area contributed by atoms with Crippen LogP contribution in [0, 0.1) is 11.7 Å². The van der Waals surface area contributed by atoms with Crippen LogP contribution in [0.25, 0.3) is 0 Å². The second-order valence-electron chi connectivity index (χ2n) is 7.35. The van der Waals surface area contributed by atoms with Crippen LogP contribution in [-0.2, 0) is 4.74 Å². The molecule has 2 atom stereocenters. The number of halogens is 1. The summed E-state index contributed by atoms with van der Waals surface area (Å²) < 4.78 is 18.5. The van der Waals surface area contributed by atoms with Crippen LogP contribution in [-0.4, -0.2) is 42.8 Å². The second-order valence-corrected chi connectivity index (χ2v) is 7.35. The molecule has 1 aliphatic heterocycles. The predicted octanol–water partition coefficient (Wildman–Crippen LogP) is 3.91. The van der Waals surface area contributed by atoms with Gasteiger partial charge in [0, 0.05) is 31.9 Å². The average Bonchev–Trinajstić information content (AvgIpc) is 2.45. The molecule has 1 aromatic carbocycles. The molecule has 128 valence electrons. The monoisotopic (exact) mass is 322 g/mol. The van der Waals surface area contributed by atoms with Gasteiger partial charge in [-0.25, -0.2) is 9.18 Å². The summed E-state index contributed by atoms with van der Waals surface area (Å²) in [6.07, 6.45) is 0.626. The van der Waals surface area contributed by atoms with Gasteiger partial charge < -0.3 is 14.5 Å². The molecule has 0 aromatic heterocycles. The first-order valence-electron chi connectivity index (χ1n) is 8.13. The van der Waals surface area contributed by atoms with E-state index in [4.69, 9.17) is 4.74 Å². The van der Waals surface area contributed by atoms with Crippen molar-refractivity contribution < 1.29 is 13.9 Å². The third-order valence-electron chi connectivity index (χ3n) is 4.24. The summed E-state index contributed by atoms with van der Waals surface area (Å²) in [6, 6.07) is 6.86. The summed E-state index contributed by atoms with van der Waals surface area (Å²) in [6.45, 7) is 9.12. The van der Waals surface area contributed by atoms with Gasteiger partial charge in [0.25, 0.3) is 0 Å². The van der Waals surface area contributed by atoms with E-state index in [-0.39, 0.29) is 11.9 Å².